The average Bonchev–Trinajstić information content (AvgIpc) is 2.51. The van der Waals surface area contributed by atoms with Crippen molar-refractivity contribution in [2.45, 2.75) is 50.8 Å². The molecule has 0 bridgehead atoms. The first kappa shape index (κ1) is 14.3. The second-order valence-corrected chi connectivity index (χ2v) is 6.92. The van der Waals surface area contributed by atoms with Gasteiger partial charge in [0.25, 0.3) is 0 Å². The van der Waals surface area contributed by atoms with Crippen molar-refractivity contribution in [2.24, 2.45) is 0 Å². The summed E-state index contributed by atoms with van der Waals surface area (Å²) in [4.78, 5) is 2.57. The molecule has 2 nitrogen and oxygen atoms in total. The van der Waals surface area contributed by atoms with Crippen LogP contribution >= 0.6 is 11.8 Å². The van der Waals surface area contributed by atoms with Gasteiger partial charge in [-0.1, -0.05) is 6.92 Å². The Morgan fingerprint density at radius 1 is 1.31 bits per heavy atom. The summed E-state index contributed by atoms with van der Waals surface area (Å²) in [5.74, 6) is 0. The molecule has 1 N–H and O–H groups in total. The van der Waals surface area contributed by atoms with E-state index in [0.29, 0.717) is 4.75 Å². The quantitative estimate of drug-likeness (QED) is 0.800. The van der Waals surface area contributed by atoms with Crippen LogP contribution in [0.25, 0.3) is 0 Å². The van der Waals surface area contributed by atoms with Crippen molar-refractivity contribution in [1.82, 2.24) is 10.2 Å². The highest BCUT2D eigenvalue weighted by Crippen LogP contribution is 2.20. The molecule has 1 saturated heterocycles. The smallest absolute Gasteiger partial charge is 0.0225 e. The van der Waals surface area contributed by atoms with E-state index in [1.54, 1.807) is 0 Å². The summed E-state index contributed by atoms with van der Waals surface area (Å²) in [5.41, 5.74) is 0. The summed E-state index contributed by atoms with van der Waals surface area (Å²) in [6, 6.07) is 0.739. The lowest BCUT2D eigenvalue weighted by atomic mass is 10.1. The highest BCUT2D eigenvalue weighted by Gasteiger charge is 2.20. The summed E-state index contributed by atoms with van der Waals surface area (Å²) in [5, 5.41) is 3.75. The second-order valence-electron chi connectivity index (χ2n) is 5.41. The van der Waals surface area contributed by atoms with E-state index in [2.05, 4.69) is 37.2 Å². The maximum Gasteiger partial charge on any atom is 0.0225 e. The minimum Gasteiger partial charge on any atom is -0.313 e. The summed E-state index contributed by atoms with van der Waals surface area (Å²) >= 11 is 1.95. The van der Waals surface area contributed by atoms with Gasteiger partial charge in [0.05, 0.1) is 0 Å². The Hall–Kier alpha value is 0.270. The van der Waals surface area contributed by atoms with E-state index < -0.39 is 0 Å². The third-order valence-corrected chi connectivity index (χ3v) is 4.89. The van der Waals surface area contributed by atoms with Gasteiger partial charge in [0.2, 0.25) is 0 Å². The molecule has 16 heavy (non-hydrogen) atoms. The molecule has 96 valence electrons. The number of hydrogen-bond donors (Lipinski definition) is 1. The zero-order valence-corrected chi connectivity index (χ0v) is 12.2. The van der Waals surface area contributed by atoms with E-state index in [9.17, 15) is 0 Å². The number of likely N-dealkylation sites (tertiary alicyclic amines) is 1. The van der Waals surface area contributed by atoms with E-state index in [1.807, 2.05) is 11.8 Å². The summed E-state index contributed by atoms with van der Waals surface area (Å²) in [7, 11) is 0. The van der Waals surface area contributed by atoms with Crippen LogP contribution in [0.2, 0.25) is 0 Å². The van der Waals surface area contributed by atoms with Crippen LogP contribution < -0.4 is 5.32 Å². The SMILES string of the molecule is CCN1CCCC(NCC(C)(C)SC)CC1. The van der Waals surface area contributed by atoms with Crippen LogP contribution in [-0.4, -0.2) is 48.1 Å². The lowest BCUT2D eigenvalue weighted by molar-refractivity contribution is 0.297. The number of nitrogens with zero attached hydrogens (tertiary/aromatic N) is 1. The Morgan fingerprint density at radius 2 is 2.06 bits per heavy atom. The fraction of sp³-hybridized carbons (Fsp3) is 1.00. The minimum atomic E-state index is 0.372. The fourth-order valence-electron chi connectivity index (χ4n) is 2.14. The van der Waals surface area contributed by atoms with Crippen LogP contribution in [0.5, 0.6) is 0 Å². The number of hydrogen-bond acceptors (Lipinski definition) is 3. The predicted octanol–water partition coefficient (Wildman–Crippen LogP) is 2.59. The van der Waals surface area contributed by atoms with Crippen molar-refractivity contribution in [3.8, 4) is 0 Å². The van der Waals surface area contributed by atoms with Crippen LogP contribution in [0, 0.1) is 0 Å². The highest BCUT2D eigenvalue weighted by atomic mass is 32.2. The van der Waals surface area contributed by atoms with Crippen LogP contribution in [0.15, 0.2) is 0 Å². The molecule has 1 aliphatic rings. The molecule has 1 atom stereocenters. The summed E-state index contributed by atoms with van der Waals surface area (Å²) in [6.45, 7) is 11.8. The van der Waals surface area contributed by atoms with Gasteiger partial charge >= 0.3 is 0 Å². The van der Waals surface area contributed by atoms with E-state index in [1.165, 1.54) is 38.9 Å². The molecular formula is C13H28N2S. The molecule has 0 aromatic rings. The van der Waals surface area contributed by atoms with Gasteiger partial charge in [0, 0.05) is 17.3 Å². The number of thioether (sulfide) groups is 1. The first-order valence-electron chi connectivity index (χ1n) is 6.58. The molecule has 1 heterocycles. The topological polar surface area (TPSA) is 15.3 Å². The Morgan fingerprint density at radius 3 is 2.69 bits per heavy atom. The van der Waals surface area contributed by atoms with Crippen LogP contribution in [0.1, 0.15) is 40.0 Å². The molecule has 0 aliphatic carbocycles. The molecule has 1 aliphatic heterocycles. The third kappa shape index (κ3) is 5.07. The van der Waals surface area contributed by atoms with Crippen molar-refractivity contribution < 1.29 is 0 Å². The monoisotopic (exact) mass is 244 g/mol. The highest BCUT2D eigenvalue weighted by molar-refractivity contribution is 7.99. The van der Waals surface area contributed by atoms with Gasteiger partial charge in [0.15, 0.2) is 0 Å². The molecule has 1 rings (SSSR count). The van der Waals surface area contributed by atoms with Gasteiger partial charge in [0.1, 0.15) is 0 Å². The summed E-state index contributed by atoms with van der Waals surface area (Å²) < 4.78 is 0.372. The average molecular weight is 244 g/mol. The first-order valence-corrected chi connectivity index (χ1v) is 7.81. The molecular weight excluding hydrogens is 216 g/mol. The predicted molar refractivity (Wildman–Crippen MR) is 75.3 cm³/mol. The molecule has 0 aromatic carbocycles. The third-order valence-electron chi connectivity index (χ3n) is 3.64. The van der Waals surface area contributed by atoms with Crippen molar-refractivity contribution in [1.29, 1.82) is 0 Å². The van der Waals surface area contributed by atoms with E-state index in [-0.39, 0.29) is 0 Å². The normalized spacial score (nSPS) is 24.4. The van der Waals surface area contributed by atoms with Crippen molar-refractivity contribution in [3.05, 3.63) is 0 Å². The molecule has 1 fully saturated rings. The zero-order chi connectivity index (χ0) is 12.0. The molecule has 0 saturated carbocycles. The lowest BCUT2D eigenvalue weighted by Crippen LogP contribution is -2.39. The van der Waals surface area contributed by atoms with Crippen LogP contribution in [0.4, 0.5) is 0 Å². The van der Waals surface area contributed by atoms with Gasteiger partial charge < -0.3 is 10.2 Å². The Balaban J connectivity index is 2.27. The molecule has 0 aromatic heterocycles. The molecule has 1 unspecified atom stereocenters. The maximum atomic E-state index is 3.75. The number of rotatable bonds is 5. The van der Waals surface area contributed by atoms with Crippen LogP contribution in [0.3, 0.4) is 0 Å². The Bertz CT molecular complexity index is 194. The summed E-state index contributed by atoms with van der Waals surface area (Å²) in [6.07, 6.45) is 6.22. The zero-order valence-electron chi connectivity index (χ0n) is 11.4. The largest absolute Gasteiger partial charge is 0.313 e. The molecule has 3 heteroatoms. The minimum absolute atomic E-state index is 0.372. The Labute approximate surface area is 106 Å². The van der Waals surface area contributed by atoms with Crippen LogP contribution in [-0.2, 0) is 0 Å². The fourth-order valence-corrected chi connectivity index (χ4v) is 2.37. The first-order chi connectivity index (χ1) is 7.57. The van der Waals surface area contributed by atoms with Crippen molar-refractivity contribution in [2.75, 3.05) is 32.4 Å². The van der Waals surface area contributed by atoms with Gasteiger partial charge in [-0.15, -0.1) is 0 Å². The molecule has 0 amide bonds. The molecule has 0 spiro atoms. The Kier molecular flexibility index (Phi) is 6.16. The standard InChI is InChI=1S/C13H28N2S/c1-5-15-9-6-7-12(8-10-15)14-11-13(2,3)16-4/h12,14H,5-11H2,1-4H3. The van der Waals surface area contributed by atoms with E-state index in [0.717, 1.165) is 12.6 Å². The van der Waals surface area contributed by atoms with Crippen molar-refractivity contribution in [3.63, 3.8) is 0 Å². The van der Waals surface area contributed by atoms with Gasteiger partial charge in [-0.2, -0.15) is 11.8 Å². The van der Waals surface area contributed by atoms with Crippen molar-refractivity contribution >= 4 is 11.8 Å². The second kappa shape index (κ2) is 6.87. The maximum absolute atomic E-state index is 3.75. The van der Waals surface area contributed by atoms with E-state index >= 15 is 0 Å². The molecule has 0 radical (unpaired) electrons. The van der Waals surface area contributed by atoms with Gasteiger partial charge in [-0.05, 0) is 59.0 Å². The van der Waals surface area contributed by atoms with E-state index in [4.69, 9.17) is 0 Å². The van der Waals surface area contributed by atoms with Gasteiger partial charge in [-0.25, -0.2) is 0 Å². The van der Waals surface area contributed by atoms with Gasteiger partial charge in [-0.3, -0.25) is 0 Å². The number of nitrogens with one attached hydrogen (secondary N) is 1. The lowest BCUT2D eigenvalue weighted by Gasteiger charge is -2.26.